The molecular formula is C18H29ClIN3O2S. The van der Waals surface area contributed by atoms with Crippen LogP contribution in [0.1, 0.15) is 38.7 Å². The van der Waals surface area contributed by atoms with Gasteiger partial charge < -0.3 is 10.6 Å². The zero-order valence-electron chi connectivity index (χ0n) is 15.6. The molecule has 0 radical (unpaired) electrons. The van der Waals surface area contributed by atoms with Crippen LogP contribution in [0.15, 0.2) is 29.3 Å². The Balaban J connectivity index is 0.00000338. The van der Waals surface area contributed by atoms with E-state index >= 15 is 0 Å². The zero-order valence-corrected chi connectivity index (χ0v) is 19.5. The van der Waals surface area contributed by atoms with Crippen molar-refractivity contribution < 1.29 is 8.42 Å². The molecule has 0 spiro atoms. The van der Waals surface area contributed by atoms with E-state index in [1.807, 2.05) is 12.1 Å². The van der Waals surface area contributed by atoms with Gasteiger partial charge in [-0.3, -0.25) is 4.99 Å². The molecule has 0 aliphatic carbocycles. The van der Waals surface area contributed by atoms with Crippen LogP contribution >= 0.6 is 35.6 Å². The maximum Gasteiger partial charge on any atom is 0.191 e. The van der Waals surface area contributed by atoms with Gasteiger partial charge in [-0.2, -0.15) is 0 Å². The van der Waals surface area contributed by atoms with Crippen molar-refractivity contribution in [3.63, 3.8) is 0 Å². The predicted octanol–water partition coefficient (Wildman–Crippen LogP) is 3.37. The minimum atomic E-state index is -2.91. The lowest BCUT2D eigenvalue weighted by Crippen LogP contribution is -2.48. The van der Waals surface area contributed by atoms with E-state index in [-0.39, 0.29) is 46.9 Å². The summed E-state index contributed by atoms with van der Waals surface area (Å²) in [5, 5.41) is 7.37. The molecule has 1 atom stereocenters. The quantitative estimate of drug-likeness (QED) is 0.348. The van der Waals surface area contributed by atoms with Crippen LogP contribution in [0.4, 0.5) is 0 Å². The number of benzene rings is 1. The highest BCUT2D eigenvalue weighted by Gasteiger charge is 2.31. The van der Waals surface area contributed by atoms with Crippen LogP contribution in [0.2, 0.25) is 5.02 Å². The normalized spacial score (nSPS) is 19.7. The second-order valence-electron chi connectivity index (χ2n) is 6.66. The fourth-order valence-electron chi connectivity index (χ4n) is 3.36. The highest BCUT2D eigenvalue weighted by molar-refractivity contribution is 14.0. The van der Waals surface area contributed by atoms with Gasteiger partial charge in [-0.15, -0.1) is 24.0 Å². The van der Waals surface area contributed by atoms with Crippen molar-refractivity contribution in [2.45, 2.75) is 44.6 Å². The highest BCUT2D eigenvalue weighted by atomic mass is 127. The molecule has 1 heterocycles. The molecule has 1 aliphatic rings. The van der Waals surface area contributed by atoms with Crippen molar-refractivity contribution >= 4 is 51.4 Å². The molecule has 1 aliphatic heterocycles. The molecule has 2 N–H and O–H groups in total. The number of guanidine groups is 1. The summed E-state index contributed by atoms with van der Waals surface area (Å²) in [5.41, 5.74) is 1.22. The third kappa shape index (κ3) is 5.99. The van der Waals surface area contributed by atoms with E-state index in [4.69, 9.17) is 11.6 Å². The minimum absolute atomic E-state index is 0. The van der Waals surface area contributed by atoms with Crippen molar-refractivity contribution in [2.24, 2.45) is 4.99 Å². The van der Waals surface area contributed by atoms with Crippen LogP contribution in [0.25, 0.3) is 0 Å². The summed E-state index contributed by atoms with van der Waals surface area (Å²) in [4.78, 5) is 4.26. The maximum atomic E-state index is 11.6. The molecule has 5 nitrogen and oxygen atoms in total. The summed E-state index contributed by atoms with van der Waals surface area (Å²) >= 11 is 6.02. The second-order valence-corrected chi connectivity index (χ2v) is 9.33. The number of aliphatic imine (C=N–C) groups is 1. The van der Waals surface area contributed by atoms with Crippen molar-refractivity contribution in [3.8, 4) is 0 Å². The number of nitrogens with one attached hydrogen (secondary N) is 2. The Morgan fingerprint density at radius 1 is 1.27 bits per heavy atom. The highest BCUT2D eigenvalue weighted by Crippen LogP contribution is 2.31. The van der Waals surface area contributed by atoms with Gasteiger partial charge in [-0.25, -0.2) is 8.42 Å². The summed E-state index contributed by atoms with van der Waals surface area (Å²) in [7, 11) is -1.20. The number of hydrogen-bond donors (Lipinski definition) is 2. The molecule has 1 aromatic rings. The van der Waals surface area contributed by atoms with E-state index < -0.39 is 9.84 Å². The van der Waals surface area contributed by atoms with E-state index in [1.54, 1.807) is 7.05 Å². The standard InChI is InChI=1S/C18H28ClN3O2S.HI/c1-4-18(5-2,14-6-8-15(19)9-7-14)13-21-17(20-3)22-16-10-11-25(23,24)12-16;/h6-9,16H,4-5,10-13H2,1-3H3,(H2,20,21,22);1H. The molecule has 1 saturated heterocycles. The maximum absolute atomic E-state index is 11.6. The molecule has 0 bridgehead atoms. The van der Waals surface area contributed by atoms with Crippen molar-refractivity contribution in [2.75, 3.05) is 25.1 Å². The van der Waals surface area contributed by atoms with Crippen LogP contribution in [-0.4, -0.2) is 45.5 Å². The van der Waals surface area contributed by atoms with E-state index in [2.05, 4.69) is 41.6 Å². The van der Waals surface area contributed by atoms with Gasteiger partial charge >= 0.3 is 0 Å². The summed E-state index contributed by atoms with van der Waals surface area (Å²) in [6.07, 6.45) is 2.59. The van der Waals surface area contributed by atoms with Crippen LogP contribution in [-0.2, 0) is 15.3 Å². The molecule has 1 unspecified atom stereocenters. The predicted molar refractivity (Wildman–Crippen MR) is 121 cm³/mol. The van der Waals surface area contributed by atoms with E-state index in [0.29, 0.717) is 12.4 Å². The van der Waals surface area contributed by atoms with Gasteiger partial charge in [0.1, 0.15) is 0 Å². The fourth-order valence-corrected chi connectivity index (χ4v) is 5.16. The first-order valence-corrected chi connectivity index (χ1v) is 11.0. The lowest BCUT2D eigenvalue weighted by molar-refractivity contribution is 0.389. The summed E-state index contributed by atoms with van der Waals surface area (Å²) in [5.74, 6) is 1.08. The van der Waals surface area contributed by atoms with Crippen LogP contribution in [0.5, 0.6) is 0 Å². The third-order valence-electron chi connectivity index (χ3n) is 5.20. The average molecular weight is 514 g/mol. The monoisotopic (exact) mass is 513 g/mol. The first-order chi connectivity index (χ1) is 11.8. The Morgan fingerprint density at radius 3 is 2.35 bits per heavy atom. The number of rotatable bonds is 6. The summed E-state index contributed by atoms with van der Waals surface area (Å²) in [6, 6.07) is 7.94. The average Bonchev–Trinajstić information content (AvgIpc) is 2.94. The molecule has 26 heavy (non-hydrogen) atoms. The number of sulfone groups is 1. The molecule has 8 heteroatoms. The van der Waals surface area contributed by atoms with Gasteiger partial charge in [0.25, 0.3) is 0 Å². The Hall–Kier alpha value is -0.540. The Bertz CT molecular complexity index is 704. The van der Waals surface area contributed by atoms with Gasteiger partial charge in [-0.05, 0) is 37.0 Å². The van der Waals surface area contributed by atoms with Crippen LogP contribution < -0.4 is 10.6 Å². The SMILES string of the molecule is CCC(CC)(CNC(=NC)NC1CCS(=O)(=O)C1)c1ccc(Cl)cc1.I. The molecule has 1 fully saturated rings. The lowest BCUT2D eigenvalue weighted by atomic mass is 9.76. The van der Waals surface area contributed by atoms with E-state index in [1.165, 1.54) is 5.56 Å². The minimum Gasteiger partial charge on any atom is -0.356 e. The molecule has 0 amide bonds. The number of halogens is 2. The first-order valence-electron chi connectivity index (χ1n) is 8.78. The number of nitrogens with zero attached hydrogens (tertiary/aromatic N) is 1. The van der Waals surface area contributed by atoms with E-state index in [0.717, 1.165) is 24.4 Å². The molecule has 0 aromatic heterocycles. The van der Waals surface area contributed by atoms with Crippen molar-refractivity contribution in [1.82, 2.24) is 10.6 Å². The van der Waals surface area contributed by atoms with Gasteiger partial charge in [-0.1, -0.05) is 37.6 Å². The van der Waals surface area contributed by atoms with Gasteiger partial charge in [0.2, 0.25) is 0 Å². The van der Waals surface area contributed by atoms with Gasteiger partial charge in [0.15, 0.2) is 15.8 Å². The molecule has 148 valence electrons. The van der Waals surface area contributed by atoms with Crippen LogP contribution in [0.3, 0.4) is 0 Å². The number of hydrogen-bond acceptors (Lipinski definition) is 3. The van der Waals surface area contributed by atoms with E-state index in [9.17, 15) is 8.42 Å². The Labute approximate surface area is 179 Å². The third-order valence-corrected chi connectivity index (χ3v) is 7.22. The molecule has 1 aromatic carbocycles. The van der Waals surface area contributed by atoms with Crippen molar-refractivity contribution in [1.29, 1.82) is 0 Å². The molecule has 2 rings (SSSR count). The largest absolute Gasteiger partial charge is 0.356 e. The Morgan fingerprint density at radius 2 is 1.88 bits per heavy atom. The molecular weight excluding hydrogens is 485 g/mol. The molecule has 0 saturated carbocycles. The Kier molecular flexibility index (Phi) is 9.15. The van der Waals surface area contributed by atoms with Crippen molar-refractivity contribution in [3.05, 3.63) is 34.9 Å². The topological polar surface area (TPSA) is 70.6 Å². The zero-order chi connectivity index (χ0) is 18.5. The fraction of sp³-hybridized carbons (Fsp3) is 0.611. The van der Waals surface area contributed by atoms with Gasteiger partial charge in [0.05, 0.1) is 11.5 Å². The second kappa shape index (κ2) is 10.1. The summed E-state index contributed by atoms with van der Waals surface area (Å²) in [6.45, 7) is 5.08. The lowest BCUT2D eigenvalue weighted by Gasteiger charge is -2.33. The summed E-state index contributed by atoms with van der Waals surface area (Å²) < 4.78 is 23.2. The van der Waals surface area contributed by atoms with Crippen LogP contribution in [0, 0.1) is 0 Å². The van der Waals surface area contributed by atoms with Gasteiger partial charge in [0, 0.05) is 30.1 Å². The first kappa shape index (κ1) is 23.5. The smallest absolute Gasteiger partial charge is 0.191 e.